The van der Waals surface area contributed by atoms with Gasteiger partial charge in [-0.25, -0.2) is 13.8 Å². The standard InChI is InChI=1S/C27H30F2N4O3/c1-16-10-17(12-18(30)11-16)20-6-7-31-15-25(20)33-27(34)24-5-3-4-23(32-24)26-21(28)13-19(14-22(26)29)36-9-8-35-2/h3-7,13-18H,8-12,30H2,1-2H3,(H,33,34)/t16-,17+,18-/m0/s1. The van der Waals surface area contributed by atoms with Crippen LogP contribution in [0.4, 0.5) is 14.5 Å². The molecule has 7 nitrogen and oxygen atoms in total. The number of nitrogens with one attached hydrogen (secondary N) is 1. The van der Waals surface area contributed by atoms with Crippen molar-refractivity contribution in [2.24, 2.45) is 11.7 Å². The second-order valence-electron chi connectivity index (χ2n) is 9.20. The Balaban J connectivity index is 1.55. The average molecular weight is 497 g/mol. The summed E-state index contributed by atoms with van der Waals surface area (Å²) in [6.45, 7) is 2.62. The predicted molar refractivity (Wildman–Crippen MR) is 133 cm³/mol. The molecule has 190 valence electrons. The average Bonchev–Trinajstić information content (AvgIpc) is 2.84. The molecule has 2 aromatic heterocycles. The zero-order valence-electron chi connectivity index (χ0n) is 20.3. The molecule has 4 rings (SSSR count). The van der Waals surface area contributed by atoms with Gasteiger partial charge in [0.1, 0.15) is 29.7 Å². The van der Waals surface area contributed by atoms with Crippen LogP contribution in [0.1, 0.15) is 48.2 Å². The summed E-state index contributed by atoms with van der Waals surface area (Å²) in [5.74, 6) is -1.46. The summed E-state index contributed by atoms with van der Waals surface area (Å²) >= 11 is 0. The van der Waals surface area contributed by atoms with Crippen LogP contribution in [0, 0.1) is 17.6 Å². The Kier molecular flexibility index (Phi) is 8.22. The monoisotopic (exact) mass is 496 g/mol. The van der Waals surface area contributed by atoms with Gasteiger partial charge < -0.3 is 20.5 Å². The molecular formula is C27H30F2N4O3. The third kappa shape index (κ3) is 6.03. The van der Waals surface area contributed by atoms with Gasteiger partial charge in [0.2, 0.25) is 0 Å². The number of aromatic nitrogens is 2. The van der Waals surface area contributed by atoms with Gasteiger partial charge in [0.05, 0.1) is 29.7 Å². The number of amides is 1. The van der Waals surface area contributed by atoms with E-state index < -0.39 is 17.5 Å². The number of rotatable bonds is 8. The first kappa shape index (κ1) is 25.7. The fourth-order valence-electron chi connectivity index (χ4n) is 4.78. The highest BCUT2D eigenvalue weighted by atomic mass is 19.1. The first-order valence-corrected chi connectivity index (χ1v) is 11.9. The highest BCUT2D eigenvalue weighted by Crippen LogP contribution is 2.38. The van der Waals surface area contributed by atoms with Crippen LogP contribution in [0.15, 0.2) is 48.8 Å². The Labute approximate surface area is 209 Å². The number of hydrogen-bond donors (Lipinski definition) is 2. The molecule has 0 unspecified atom stereocenters. The van der Waals surface area contributed by atoms with Gasteiger partial charge in [-0.15, -0.1) is 0 Å². The summed E-state index contributed by atoms with van der Waals surface area (Å²) < 4.78 is 39.8. The number of methoxy groups -OCH3 is 1. The lowest BCUT2D eigenvalue weighted by Gasteiger charge is -2.32. The number of carbonyl (C=O) groups is 1. The lowest BCUT2D eigenvalue weighted by atomic mass is 9.76. The molecular weight excluding hydrogens is 466 g/mol. The van der Waals surface area contributed by atoms with Crippen LogP contribution in [-0.2, 0) is 4.74 Å². The Morgan fingerprint density at radius 1 is 1.14 bits per heavy atom. The van der Waals surface area contributed by atoms with E-state index in [1.165, 1.54) is 25.3 Å². The fraction of sp³-hybridized carbons (Fsp3) is 0.370. The summed E-state index contributed by atoms with van der Waals surface area (Å²) in [6.07, 6.45) is 6.08. The van der Waals surface area contributed by atoms with E-state index >= 15 is 0 Å². The smallest absolute Gasteiger partial charge is 0.274 e. The van der Waals surface area contributed by atoms with Crippen molar-refractivity contribution in [1.29, 1.82) is 0 Å². The van der Waals surface area contributed by atoms with E-state index in [1.807, 2.05) is 6.07 Å². The van der Waals surface area contributed by atoms with Crippen molar-refractivity contribution in [1.82, 2.24) is 9.97 Å². The third-order valence-electron chi connectivity index (χ3n) is 6.33. The van der Waals surface area contributed by atoms with Gasteiger partial charge in [-0.2, -0.15) is 0 Å². The second kappa shape index (κ2) is 11.5. The molecule has 0 aliphatic heterocycles. The Morgan fingerprint density at radius 2 is 1.92 bits per heavy atom. The van der Waals surface area contributed by atoms with E-state index in [1.54, 1.807) is 12.4 Å². The maximum absolute atomic E-state index is 14.8. The van der Waals surface area contributed by atoms with Crippen molar-refractivity contribution in [3.05, 3.63) is 71.7 Å². The molecule has 3 aromatic rings. The maximum atomic E-state index is 14.8. The van der Waals surface area contributed by atoms with Crippen LogP contribution in [0.3, 0.4) is 0 Å². The van der Waals surface area contributed by atoms with E-state index in [0.29, 0.717) is 11.6 Å². The first-order valence-electron chi connectivity index (χ1n) is 11.9. The summed E-state index contributed by atoms with van der Waals surface area (Å²) in [6, 6.07) is 8.65. The van der Waals surface area contributed by atoms with E-state index in [0.717, 1.165) is 37.0 Å². The molecule has 1 fully saturated rings. The Morgan fingerprint density at radius 3 is 2.64 bits per heavy atom. The number of ether oxygens (including phenoxy) is 2. The fourth-order valence-corrected chi connectivity index (χ4v) is 4.78. The Bertz CT molecular complexity index is 1190. The molecule has 1 saturated carbocycles. The molecule has 1 aliphatic carbocycles. The molecule has 1 aliphatic rings. The molecule has 3 N–H and O–H groups in total. The second-order valence-corrected chi connectivity index (χ2v) is 9.20. The molecule has 0 radical (unpaired) electrons. The summed E-state index contributed by atoms with van der Waals surface area (Å²) in [5.41, 5.74) is 7.48. The molecule has 0 bridgehead atoms. The van der Waals surface area contributed by atoms with Gasteiger partial charge >= 0.3 is 0 Å². The van der Waals surface area contributed by atoms with Crippen molar-refractivity contribution in [2.45, 2.75) is 38.1 Å². The highest BCUT2D eigenvalue weighted by molar-refractivity contribution is 6.03. The summed E-state index contributed by atoms with van der Waals surface area (Å²) in [7, 11) is 1.50. The largest absolute Gasteiger partial charge is 0.491 e. The topological polar surface area (TPSA) is 99.4 Å². The maximum Gasteiger partial charge on any atom is 0.274 e. The molecule has 1 amide bonds. The number of anilines is 1. The number of nitrogens with two attached hydrogens (primary N) is 1. The van der Waals surface area contributed by atoms with Crippen LogP contribution in [-0.4, -0.2) is 42.2 Å². The molecule has 3 atom stereocenters. The predicted octanol–water partition coefficient (Wildman–Crippen LogP) is 4.93. The molecule has 0 saturated heterocycles. The highest BCUT2D eigenvalue weighted by Gasteiger charge is 2.27. The summed E-state index contributed by atoms with van der Waals surface area (Å²) in [4.78, 5) is 21.5. The first-order chi connectivity index (χ1) is 17.4. The van der Waals surface area contributed by atoms with Gasteiger partial charge in [-0.1, -0.05) is 13.0 Å². The minimum Gasteiger partial charge on any atom is -0.491 e. The van der Waals surface area contributed by atoms with Gasteiger partial charge in [0.15, 0.2) is 0 Å². The Hall–Kier alpha value is -3.43. The normalized spacial score (nSPS) is 19.6. The summed E-state index contributed by atoms with van der Waals surface area (Å²) in [5, 5.41) is 2.88. The number of carbonyl (C=O) groups excluding carboxylic acids is 1. The van der Waals surface area contributed by atoms with Crippen molar-refractivity contribution < 1.29 is 23.0 Å². The van der Waals surface area contributed by atoms with E-state index in [-0.39, 0.29) is 47.9 Å². The van der Waals surface area contributed by atoms with Gasteiger partial charge in [-0.05, 0) is 54.9 Å². The lowest BCUT2D eigenvalue weighted by Crippen LogP contribution is -2.31. The van der Waals surface area contributed by atoms with Gasteiger partial charge in [0.25, 0.3) is 5.91 Å². The quantitative estimate of drug-likeness (QED) is 0.429. The zero-order chi connectivity index (χ0) is 25.7. The van der Waals surface area contributed by atoms with Crippen LogP contribution < -0.4 is 15.8 Å². The van der Waals surface area contributed by atoms with Gasteiger partial charge in [-0.3, -0.25) is 9.78 Å². The zero-order valence-corrected chi connectivity index (χ0v) is 20.3. The minimum atomic E-state index is -0.843. The number of pyridine rings is 2. The van der Waals surface area contributed by atoms with Crippen molar-refractivity contribution in [3.8, 4) is 17.0 Å². The van der Waals surface area contributed by atoms with Crippen LogP contribution in [0.5, 0.6) is 5.75 Å². The number of halogens is 2. The third-order valence-corrected chi connectivity index (χ3v) is 6.33. The molecule has 9 heteroatoms. The minimum absolute atomic E-state index is 0.000388. The SMILES string of the molecule is COCCOc1cc(F)c(-c2cccc(C(=O)Nc3cnccc3[C@@H]3C[C@H](C)C[C@H](N)C3)n2)c(F)c1. The molecule has 1 aromatic carbocycles. The molecule has 0 spiro atoms. The van der Waals surface area contributed by atoms with E-state index in [2.05, 4.69) is 22.2 Å². The number of nitrogens with zero attached hydrogens (tertiary/aromatic N) is 2. The van der Waals surface area contributed by atoms with Crippen LogP contribution in [0.25, 0.3) is 11.3 Å². The van der Waals surface area contributed by atoms with Crippen LogP contribution >= 0.6 is 0 Å². The van der Waals surface area contributed by atoms with Crippen molar-refractivity contribution >= 4 is 11.6 Å². The van der Waals surface area contributed by atoms with Crippen molar-refractivity contribution in [3.63, 3.8) is 0 Å². The molecule has 2 heterocycles. The van der Waals surface area contributed by atoms with Crippen LogP contribution in [0.2, 0.25) is 0 Å². The lowest BCUT2D eigenvalue weighted by molar-refractivity contribution is 0.102. The van der Waals surface area contributed by atoms with E-state index in [9.17, 15) is 13.6 Å². The van der Waals surface area contributed by atoms with Gasteiger partial charge in [0, 0.05) is 31.5 Å². The number of hydrogen-bond acceptors (Lipinski definition) is 6. The van der Waals surface area contributed by atoms with Crippen molar-refractivity contribution in [2.75, 3.05) is 25.6 Å². The molecule has 36 heavy (non-hydrogen) atoms. The van der Waals surface area contributed by atoms with E-state index in [4.69, 9.17) is 15.2 Å². The number of benzene rings is 1.